The average molecular weight is 372 g/mol. The van der Waals surface area contributed by atoms with Gasteiger partial charge < -0.3 is 14.2 Å². The number of nitrogens with one attached hydrogen (secondary N) is 2. The van der Waals surface area contributed by atoms with Crippen molar-refractivity contribution < 1.29 is 23.8 Å². The lowest BCUT2D eigenvalue weighted by molar-refractivity contribution is -0.128. The van der Waals surface area contributed by atoms with Gasteiger partial charge >= 0.3 is 0 Å². The van der Waals surface area contributed by atoms with Crippen molar-refractivity contribution in [2.75, 3.05) is 13.7 Å². The van der Waals surface area contributed by atoms with E-state index in [9.17, 15) is 9.59 Å². The molecule has 1 atom stereocenters. The summed E-state index contributed by atoms with van der Waals surface area (Å²) < 4.78 is 16.0. The second-order valence-electron chi connectivity index (χ2n) is 5.74. The van der Waals surface area contributed by atoms with E-state index in [0.717, 1.165) is 11.3 Å². The number of rotatable bonds is 8. The minimum Gasteiger partial charge on any atom is -0.494 e. The molecule has 0 aliphatic carbocycles. The van der Waals surface area contributed by atoms with E-state index in [2.05, 4.69) is 10.9 Å². The van der Waals surface area contributed by atoms with Gasteiger partial charge in [-0.15, -0.1) is 0 Å². The van der Waals surface area contributed by atoms with Crippen molar-refractivity contribution in [3.63, 3.8) is 0 Å². The van der Waals surface area contributed by atoms with E-state index in [-0.39, 0.29) is 0 Å². The molecule has 2 aromatic carbocycles. The lowest BCUT2D eigenvalue weighted by Crippen LogP contribution is -2.47. The molecule has 0 saturated heterocycles. The largest absolute Gasteiger partial charge is 0.494 e. The predicted octanol–water partition coefficient (Wildman–Crippen LogP) is 2.46. The number of ether oxygens (including phenoxy) is 3. The zero-order valence-electron chi connectivity index (χ0n) is 15.7. The standard InChI is InChI=1S/C20H24N2O5/c1-4-26-17-8-10-18(11-9-17)27-14(2)19(23)21-22-20(24)16-7-5-6-15(12-16)13-25-3/h5-12,14H,4,13H2,1-3H3,(H,21,23)(H,22,24)/t14-/m1/s1. The number of carbonyl (C=O) groups excluding carboxylic acids is 2. The maximum atomic E-state index is 12.2. The molecule has 0 aromatic heterocycles. The van der Waals surface area contributed by atoms with Gasteiger partial charge in [0.25, 0.3) is 11.8 Å². The van der Waals surface area contributed by atoms with Crippen LogP contribution in [0.4, 0.5) is 0 Å². The molecule has 0 heterocycles. The quantitative estimate of drug-likeness (QED) is 0.695. The van der Waals surface area contributed by atoms with E-state index in [0.29, 0.717) is 24.5 Å². The molecule has 2 rings (SSSR count). The highest BCUT2D eigenvalue weighted by Crippen LogP contribution is 2.18. The Morgan fingerprint density at radius 1 is 1.04 bits per heavy atom. The average Bonchev–Trinajstić information content (AvgIpc) is 2.68. The van der Waals surface area contributed by atoms with Crippen LogP contribution < -0.4 is 20.3 Å². The lowest BCUT2D eigenvalue weighted by Gasteiger charge is -2.15. The van der Waals surface area contributed by atoms with Gasteiger partial charge in [0.2, 0.25) is 0 Å². The van der Waals surface area contributed by atoms with E-state index in [1.165, 1.54) is 0 Å². The number of benzene rings is 2. The van der Waals surface area contributed by atoms with E-state index in [1.807, 2.05) is 13.0 Å². The minimum absolute atomic E-state index is 0.403. The topological polar surface area (TPSA) is 85.9 Å². The Morgan fingerprint density at radius 2 is 1.74 bits per heavy atom. The van der Waals surface area contributed by atoms with Crippen molar-refractivity contribution in [3.8, 4) is 11.5 Å². The zero-order chi connectivity index (χ0) is 19.6. The summed E-state index contributed by atoms with van der Waals surface area (Å²) in [7, 11) is 1.58. The fourth-order valence-electron chi connectivity index (χ4n) is 2.30. The molecule has 0 bridgehead atoms. The van der Waals surface area contributed by atoms with Crippen LogP contribution in [0, 0.1) is 0 Å². The highest BCUT2D eigenvalue weighted by molar-refractivity contribution is 5.95. The Morgan fingerprint density at radius 3 is 2.41 bits per heavy atom. The first kappa shape index (κ1) is 20.3. The molecule has 0 aliphatic rings. The summed E-state index contributed by atoms with van der Waals surface area (Å²) in [6.45, 7) is 4.48. The number of hydrogen-bond acceptors (Lipinski definition) is 5. The smallest absolute Gasteiger partial charge is 0.279 e. The van der Waals surface area contributed by atoms with E-state index in [1.54, 1.807) is 56.5 Å². The normalized spacial score (nSPS) is 11.4. The summed E-state index contributed by atoms with van der Waals surface area (Å²) >= 11 is 0. The molecule has 7 nitrogen and oxygen atoms in total. The SMILES string of the molecule is CCOc1ccc(O[C@H](C)C(=O)NNC(=O)c2cccc(COC)c2)cc1. The van der Waals surface area contributed by atoms with Crippen LogP contribution in [0.5, 0.6) is 11.5 Å². The van der Waals surface area contributed by atoms with E-state index < -0.39 is 17.9 Å². The summed E-state index contributed by atoms with van der Waals surface area (Å²) in [5.74, 6) is 0.365. The first-order valence-electron chi connectivity index (χ1n) is 8.61. The molecule has 7 heteroatoms. The zero-order valence-corrected chi connectivity index (χ0v) is 15.7. The third kappa shape index (κ3) is 6.31. The highest BCUT2D eigenvalue weighted by atomic mass is 16.5. The predicted molar refractivity (Wildman–Crippen MR) is 100 cm³/mol. The van der Waals surface area contributed by atoms with Gasteiger partial charge in [-0.2, -0.15) is 0 Å². The number of hydrogen-bond donors (Lipinski definition) is 2. The van der Waals surface area contributed by atoms with Gasteiger partial charge in [0, 0.05) is 12.7 Å². The summed E-state index contributed by atoms with van der Waals surface area (Å²) in [5, 5.41) is 0. The lowest BCUT2D eigenvalue weighted by atomic mass is 10.1. The van der Waals surface area contributed by atoms with Crippen molar-refractivity contribution in [1.82, 2.24) is 10.9 Å². The van der Waals surface area contributed by atoms with Crippen molar-refractivity contribution in [2.45, 2.75) is 26.6 Å². The highest BCUT2D eigenvalue weighted by Gasteiger charge is 2.16. The van der Waals surface area contributed by atoms with Gasteiger partial charge in [0.15, 0.2) is 6.10 Å². The van der Waals surface area contributed by atoms with Crippen LogP contribution in [0.15, 0.2) is 48.5 Å². The van der Waals surface area contributed by atoms with Crippen LogP contribution >= 0.6 is 0 Å². The van der Waals surface area contributed by atoms with Crippen LogP contribution in [0.1, 0.15) is 29.8 Å². The summed E-state index contributed by atoms with van der Waals surface area (Å²) in [4.78, 5) is 24.3. The molecule has 144 valence electrons. The third-order valence-corrected chi connectivity index (χ3v) is 3.62. The van der Waals surface area contributed by atoms with Crippen LogP contribution in [-0.2, 0) is 16.1 Å². The Kier molecular flexibility index (Phi) is 7.63. The summed E-state index contributed by atoms with van der Waals surface area (Å²) in [6.07, 6.45) is -0.789. The van der Waals surface area contributed by atoms with Gasteiger partial charge in [0.1, 0.15) is 11.5 Å². The van der Waals surface area contributed by atoms with E-state index >= 15 is 0 Å². The second kappa shape index (κ2) is 10.2. The molecule has 27 heavy (non-hydrogen) atoms. The van der Waals surface area contributed by atoms with E-state index in [4.69, 9.17) is 14.2 Å². The van der Waals surface area contributed by atoms with Gasteiger partial charge in [-0.05, 0) is 55.8 Å². The molecule has 0 radical (unpaired) electrons. The number of hydrazine groups is 1. The monoisotopic (exact) mass is 372 g/mol. The van der Waals surface area contributed by atoms with Crippen LogP contribution in [-0.4, -0.2) is 31.6 Å². The van der Waals surface area contributed by atoms with Gasteiger partial charge in [-0.3, -0.25) is 20.4 Å². The van der Waals surface area contributed by atoms with Crippen LogP contribution in [0.25, 0.3) is 0 Å². The fourth-order valence-corrected chi connectivity index (χ4v) is 2.30. The number of methoxy groups -OCH3 is 1. The van der Waals surface area contributed by atoms with Crippen molar-refractivity contribution in [2.24, 2.45) is 0 Å². The van der Waals surface area contributed by atoms with Crippen LogP contribution in [0.3, 0.4) is 0 Å². The molecule has 0 fully saturated rings. The Bertz CT molecular complexity index is 761. The summed E-state index contributed by atoms with van der Waals surface area (Å²) in [5.41, 5.74) is 6.03. The van der Waals surface area contributed by atoms with Gasteiger partial charge in [-0.25, -0.2) is 0 Å². The molecule has 0 unspecified atom stereocenters. The number of carbonyl (C=O) groups is 2. The van der Waals surface area contributed by atoms with Crippen molar-refractivity contribution >= 4 is 11.8 Å². The maximum Gasteiger partial charge on any atom is 0.279 e. The Labute approximate surface area is 158 Å². The molecule has 2 N–H and O–H groups in total. The second-order valence-corrected chi connectivity index (χ2v) is 5.74. The van der Waals surface area contributed by atoms with Crippen molar-refractivity contribution in [1.29, 1.82) is 0 Å². The van der Waals surface area contributed by atoms with Gasteiger partial charge in [0.05, 0.1) is 13.2 Å². The molecule has 2 aromatic rings. The van der Waals surface area contributed by atoms with Crippen LogP contribution in [0.2, 0.25) is 0 Å². The fraction of sp³-hybridized carbons (Fsp3) is 0.300. The molecule has 0 spiro atoms. The third-order valence-electron chi connectivity index (χ3n) is 3.62. The molecule has 2 amide bonds. The molecule has 0 aliphatic heterocycles. The Balaban J connectivity index is 1.85. The molecular weight excluding hydrogens is 348 g/mol. The van der Waals surface area contributed by atoms with Gasteiger partial charge in [-0.1, -0.05) is 12.1 Å². The first-order valence-corrected chi connectivity index (χ1v) is 8.61. The van der Waals surface area contributed by atoms with Crippen molar-refractivity contribution in [3.05, 3.63) is 59.7 Å². The summed E-state index contributed by atoms with van der Waals surface area (Å²) in [6, 6.07) is 13.9. The number of amides is 2. The first-order chi connectivity index (χ1) is 13.0. The Hall–Kier alpha value is -3.06. The molecule has 0 saturated carbocycles. The maximum absolute atomic E-state index is 12.2. The molecular formula is C20H24N2O5. The minimum atomic E-state index is -0.789.